The Kier molecular flexibility index (Phi) is 5.04. The lowest BCUT2D eigenvalue weighted by Gasteiger charge is -2.13. The van der Waals surface area contributed by atoms with Crippen LogP contribution in [0.25, 0.3) is 0 Å². The molecule has 1 atom stereocenters. The maximum Gasteiger partial charge on any atom is 0.122 e. The second-order valence-electron chi connectivity index (χ2n) is 4.67. The first kappa shape index (κ1) is 14.9. The highest BCUT2D eigenvalue weighted by Gasteiger charge is 2.18. The number of hydrogen-bond acceptors (Lipinski definition) is 3. The van der Waals surface area contributed by atoms with Crippen molar-refractivity contribution in [2.24, 2.45) is 7.05 Å². The van der Waals surface area contributed by atoms with Gasteiger partial charge in [0.2, 0.25) is 0 Å². The van der Waals surface area contributed by atoms with Gasteiger partial charge in [0.1, 0.15) is 11.9 Å². The Morgan fingerprint density at radius 2 is 2.05 bits per heavy atom. The summed E-state index contributed by atoms with van der Waals surface area (Å²) in [7, 11) is 1.76. The molecule has 0 bridgehead atoms. The van der Waals surface area contributed by atoms with Crippen LogP contribution in [-0.2, 0) is 7.05 Å². The van der Waals surface area contributed by atoms with Gasteiger partial charge in [-0.3, -0.25) is 4.68 Å². The van der Waals surface area contributed by atoms with Crippen LogP contribution in [0.2, 0.25) is 5.02 Å². The number of aryl methyl sites for hydroxylation is 1. The largest absolute Gasteiger partial charge is 0.494 e. The van der Waals surface area contributed by atoms with Gasteiger partial charge >= 0.3 is 0 Å². The van der Waals surface area contributed by atoms with Crippen molar-refractivity contribution in [1.82, 2.24) is 9.78 Å². The molecule has 5 heteroatoms. The fraction of sp³-hybridized carbons (Fsp3) is 0.400. The molecule has 0 aliphatic rings. The highest BCUT2D eigenvalue weighted by molar-refractivity contribution is 6.31. The third-order valence-electron chi connectivity index (χ3n) is 3.16. The minimum absolute atomic E-state index is 0.461. The monoisotopic (exact) mass is 294 g/mol. The number of unbranched alkanes of at least 4 members (excludes halogenated alkanes) is 1. The van der Waals surface area contributed by atoms with Crippen molar-refractivity contribution in [2.75, 3.05) is 6.61 Å². The molecule has 108 valence electrons. The molecule has 0 aliphatic heterocycles. The maximum atomic E-state index is 10.4. The highest BCUT2D eigenvalue weighted by atomic mass is 35.5. The summed E-state index contributed by atoms with van der Waals surface area (Å²) in [5.41, 5.74) is 1.35. The lowest BCUT2D eigenvalue weighted by atomic mass is 10.1. The minimum Gasteiger partial charge on any atom is -0.494 e. The second kappa shape index (κ2) is 6.77. The normalized spacial score (nSPS) is 12.4. The molecule has 1 N–H and O–H groups in total. The Balaban J connectivity index is 2.10. The smallest absolute Gasteiger partial charge is 0.122 e. The third-order valence-corrected chi connectivity index (χ3v) is 3.45. The van der Waals surface area contributed by atoms with Gasteiger partial charge in [0, 0.05) is 7.05 Å². The lowest BCUT2D eigenvalue weighted by molar-refractivity contribution is 0.209. The first-order valence-electron chi connectivity index (χ1n) is 6.71. The molecule has 1 aromatic carbocycles. The highest BCUT2D eigenvalue weighted by Crippen LogP contribution is 2.28. The number of aliphatic hydroxyl groups is 1. The molecule has 2 aromatic rings. The molecule has 4 nitrogen and oxygen atoms in total. The van der Waals surface area contributed by atoms with Crippen molar-refractivity contribution in [3.8, 4) is 5.75 Å². The first-order chi connectivity index (χ1) is 9.63. The standard InChI is InChI=1S/C15H19ClN2O2/c1-3-4-9-20-12-7-5-11(6-8-12)15(19)14-13(16)10-17-18(14)2/h5-8,10,15,19H,3-4,9H2,1-2H3. The third kappa shape index (κ3) is 3.32. The van der Waals surface area contributed by atoms with E-state index in [0.29, 0.717) is 17.3 Å². The van der Waals surface area contributed by atoms with Gasteiger partial charge in [0.15, 0.2) is 0 Å². The van der Waals surface area contributed by atoms with Gasteiger partial charge in [-0.25, -0.2) is 0 Å². The molecule has 0 saturated heterocycles. The van der Waals surface area contributed by atoms with E-state index in [9.17, 15) is 5.11 Å². The number of rotatable bonds is 6. The number of nitrogens with zero attached hydrogens (tertiary/aromatic N) is 2. The summed E-state index contributed by atoms with van der Waals surface area (Å²) in [6.07, 6.45) is 2.88. The fourth-order valence-electron chi connectivity index (χ4n) is 1.97. The summed E-state index contributed by atoms with van der Waals surface area (Å²) in [4.78, 5) is 0. The van der Waals surface area contributed by atoms with Crippen LogP contribution in [0, 0.1) is 0 Å². The number of aliphatic hydroxyl groups excluding tert-OH is 1. The van der Waals surface area contributed by atoms with Crippen LogP contribution >= 0.6 is 11.6 Å². The van der Waals surface area contributed by atoms with E-state index in [2.05, 4.69) is 12.0 Å². The number of halogens is 1. The molecule has 1 heterocycles. The van der Waals surface area contributed by atoms with E-state index in [1.165, 1.54) is 6.20 Å². The number of ether oxygens (including phenoxy) is 1. The summed E-state index contributed by atoms with van der Waals surface area (Å²) in [5.74, 6) is 0.811. The molecule has 0 saturated carbocycles. The van der Waals surface area contributed by atoms with Gasteiger partial charge in [0.25, 0.3) is 0 Å². The predicted molar refractivity (Wildman–Crippen MR) is 79.1 cm³/mol. The molecular weight excluding hydrogens is 276 g/mol. The van der Waals surface area contributed by atoms with Crippen molar-refractivity contribution in [1.29, 1.82) is 0 Å². The molecule has 1 aromatic heterocycles. The lowest BCUT2D eigenvalue weighted by Crippen LogP contribution is -2.07. The summed E-state index contributed by atoms with van der Waals surface area (Å²) in [6.45, 7) is 2.84. The summed E-state index contributed by atoms with van der Waals surface area (Å²) >= 11 is 6.04. The molecule has 0 radical (unpaired) electrons. The van der Waals surface area contributed by atoms with Gasteiger partial charge in [-0.05, 0) is 24.1 Å². The van der Waals surface area contributed by atoms with E-state index < -0.39 is 6.10 Å². The number of benzene rings is 1. The Hall–Kier alpha value is -1.52. The maximum absolute atomic E-state index is 10.4. The first-order valence-corrected chi connectivity index (χ1v) is 7.09. The zero-order valence-electron chi connectivity index (χ0n) is 11.7. The molecular formula is C15H19ClN2O2. The van der Waals surface area contributed by atoms with E-state index in [1.807, 2.05) is 24.3 Å². The van der Waals surface area contributed by atoms with Gasteiger partial charge < -0.3 is 9.84 Å². The van der Waals surface area contributed by atoms with Gasteiger partial charge in [-0.2, -0.15) is 5.10 Å². The van der Waals surface area contributed by atoms with Crippen LogP contribution in [-0.4, -0.2) is 21.5 Å². The van der Waals surface area contributed by atoms with E-state index in [1.54, 1.807) is 11.7 Å². The fourth-order valence-corrected chi connectivity index (χ4v) is 2.24. The average Bonchev–Trinajstić information content (AvgIpc) is 2.78. The second-order valence-corrected chi connectivity index (χ2v) is 5.08. The molecule has 0 amide bonds. The van der Waals surface area contributed by atoms with Gasteiger partial charge in [-0.1, -0.05) is 37.1 Å². The van der Waals surface area contributed by atoms with Crippen LogP contribution in [0.5, 0.6) is 5.75 Å². The summed E-state index contributed by atoms with van der Waals surface area (Å²) in [6, 6.07) is 7.40. The van der Waals surface area contributed by atoms with E-state index in [-0.39, 0.29) is 0 Å². The van der Waals surface area contributed by atoms with Gasteiger partial charge in [0.05, 0.1) is 23.5 Å². The minimum atomic E-state index is -0.792. The summed E-state index contributed by atoms with van der Waals surface area (Å²) in [5, 5.41) is 14.9. The van der Waals surface area contributed by atoms with Crippen LogP contribution in [0.4, 0.5) is 0 Å². The average molecular weight is 295 g/mol. The predicted octanol–water partition coefficient (Wildman–Crippen LogP) is 3.33. The number of hydrogen-bond donors (Lipinski definition) is 1. The topological polar surface area (TPSA) is 47.3 Å². The van der Waals surface area contributed by atoms with E-state index in [0.717, 1.165) is 24.2 Å². The van der Waals surface area contributed by atoms with Crippen LogP contribution in [0.3, 0.4) is 0 Å². The van der Waals surface area contributed by atoms with Gasteiger partial charge in [-0.15, -0.1) is 0 Å². The molecule has 0 aliphatic carbocycles. The van der Waals surface area contributed by atoms with E-state index >= 15 is 0 Å². The van der Waals surface area contributed by atoms with Crippen LogP contribution in [0.15, 0.2) is 30.5 Å². The van der Waals surface area contributed by atoms with Crippen molar-refractivity contribution >= 4 is 11.6 Å². The molecule has 1 unspecified atom stereocenters. The van der Waals surface area contributed by atoms with Crippen molar-refractivity contribution < 1.29 is 9.84 Å². The number of aromatic nitrogens is 2. The zero-order chi connectivity index (χ0) is 14.5. The molecule has 0 fully saturated rings. The van der Waals surface area contributed by atoms with Crippen molar-refractivity contribution in [2.45, 2.75) is 25.9 Å². The van der Waals surface area contributed by atoms with Crippen LogP contribution in [0.1, 0.15) is 37.1 Å². The summed E-state index contributed by atoms with van der Waals surface area (Å²) < 4.78 is 7.18. The van der Waals surface area contributed by atoms with E-state index in [4.69, 9.17) is 16.3 Å². The molecule has 20 heavy (non-hydrogen) atoms. The Morgan fingerprint density at radius 1 is 1.35 bits per heavy atom. The van der Waals surface area contributed by atoms with Crippen LogP contribution < -0.4 is 4.74 Å². The quantitative estimate of drug-likeness (QED) is 0.831. The molecule has 0 spiro atoms. The van der Waals surface area contributed by atoms with Crippen molar-refractivity contribution in [3.05, 3.63) is 46.7 Å². The Morgan fingerprint density at radius 3 is 2.60 bits per heavy atom. The van der Waals surface area contributed by atoms with Crippen molar-refractivity contribution in [3.63, 3.8) is 0 Å². The Labute approximate surface area is 123 Å². The SMILES string of the molecule is CCCCOc1ccc(C(O)c2c(Cl)cnn2C)cc1. The zero-order valence-corrected chi connectivity index (χ0v) is 12.5. The Bertz CT molecular complexity index is 532. The molecule has 2 rings (SSSR count).